The highest BCUT2D eigenvalue weighted by atomic mass is 19.1. The van der Waals surface area contributed by atoms with Crippen molar-refractivity contribution in [1.82, 2.24) is 10.3 Å². The third kappa shape index (κ3) is 3.91. The summed E-state index contributed by atoms with van der Waals surface area (Å²) in [6.07, 6.45) is 3.43. The van der Waals surface area contributed by atoms with Gasteiger partial charge in [0.2, 0.25) is 0 Å². The van der Waals surface area contributed by atoms with Crippen molar-refractivity contribution < 1.29 is 14.3 Å². The molecule has 2 fully saturated rings. The Balaban J connectivity index is 1.49. The average Bonchev–Trinajstić information content (AvgIpc) is 2.83. The molecule has 2 aliphatic rings. The van der Waals surface area contributed by atoms with Crippen LogP contribution in [0.1, 0.15) is 41.6 Å². The van der Waals surface area contributed by atoms with Gasteiger partial charge in [-0.1, -0.05) is 30.3 Å². The minimum absolute atomic E-state index is 0.0748. The number of halogens is 1. The Kier molecular flexibility index (Phi) is 5.47. The summed E-state index contributed by atoms with van der Waals surface area (Å²) in [5.41, 5.74) is 2.06. The number of hydrogen-bond acceptors (Lipinski definition) is 5. The number of nitrogens with zero attached hydrogens (tertiary/aromatic N) is 3. The lowest BCUT2D eigenvalue weighted by molar-refractivity contribution is 0.0563. The second-order valence-electron chi connectivity index (χ2n) is 9.02. The van der Waals surface area contributed by atoms with Crippen LogP contribution in [-0.2, 0) is 5.41 Å². The van der Waals surface area contributed by atoms with Crippen molar-refractivity contribution in [3.8, 4) is 6.07 Å². The number of carbonyl (C=O) groups excluding carboxylic acids is 1. The molecule has 1 saturated carbocycles. The number of amides is 1. The number of fused-ring (bicyclic) bond motifs is 1. The van der Waals surface area contributed by atoms with Crippen LogP contribution < -0.4 is 10.2 Å². The maximum atomic E-state index is 14.2. The molecule has 0 spiro atoms. The van der Waals surface area contributed by atoms with Gasteiger partial charge in [0.05, 0.1) is 34.4 Å². The van der Waals surface area contributed by atoms with Gasteiger partial charge in [-0.05, 0) is 49.4 Å². The zero-order valence-electron chi connectivity index (χ0n) is 18.2. The molecule has 1 saturated heterocycles. The standard InChI is InChI=1S/C26H25FN4O2/c27-18-6-7-23-21(12-18)24(22(15-29-23)25(33)30-19-13-20(32)14-19)31-10-8-26(16-28,9-11-31)17-4-2-1-3-5-17/h1-7,12,15,19-20,32H,8-11,13-14H2,(H,30,33). The van der Waals surface area contributed by atoms with E-state index in [0.717, 1.165) is 5.56 Å². The van der Waals surface area contributed by atoms with Crippen LogP contribution in [0.3, 0.4) is 0 Å². The number of hydrogen-bond donors (Lipinski definition) is 2. The molecule has 1 aliphatic carbocycles. The van der Waals surface area contributed by atoms with E-state index < -0.39 is 11.2 Å². The smallest absolute Gasteiger partial charge is 0.255 e. The lowest BCUT2D eigenvalue weighted by Gasteiger charge is -2.40. The first-order valence-corrected chi connectivity index (χ1v) is 11.3. The van der Waals surface area contributed by atoms with Gasteiger partial charge < -0.3 is 15.3 Å². The number of piperidine rings is 1. The quantitative estimate of drug-likeness (QED) is 0.641. The van der Waals surface area contributed by atoms with Crippen LogP contribution in [-0.4, -0.2) is 41.2 Å². The van der Waals surface area contributed by atoms with Gasteiger partial charge in [0, 0.05) is 30.7 Å². The molecule has 7 heteroatoms. The molecule has 1 aromatic heterocycles. The molecule has 6 nitrogen and oxygen atoms in total. The number of rotatable bonds is 4. The summed E-state index contributed by atoms with van der Waals surface area (Å²) >= 11 is 0. The minimum atomic E-state index is -0.587. The highest BCUT2D eigenvalue weighted by molar-refractivity contribution is 6.07. The lowest BCUT2D eigenvalue weighted by atomic mass is 9.74. The number of pyridine rings is 1. The molecule has 1 aliphatic heterocycles. The number of aliphatic hydroxyl groups is 1. The lowest BCUT2D eigenvalue weighted by Crippen LogP contribution is -2.47. The second-order valence-corrected chi connectivity index (χ2v) is 9.02. The minimum Gasteiger partial charge on any atom is -0.393 e. The monoisotopic (exact) mass is 444 g/mol. The number of nitriles is 1. The third-order valence-corrected chi connectivity index (χ3v) is 6.97. The summed E-state index contributed by atoms with van der Waals surface area (Å²) in [5.74, 6) is -0.668. The van der Waals surface area contributed by atoms with E-state index in [2.05, 4.69) is 21.3 Å². The van der Waals surface area contributed by atoms with Crippen molar-refractivity contribution in [2.75, 3.05) is 18.0 Å². The number of benzene rings is 2. The SMILES string of the molecule is N#CC1(c2ccccc2)CCN(c2c(C(=O)NC3CC(O)C3)cnc3ccc(F)cc23)CC1. The predicted octanol–water partition coefficient (Wildman–Crippen LogP) is 3.69. The summed E-state index contributed by atoms with van der Waals surface area (Å²) in [6.45, 7) is 1.11. The van der Waals surface area contributed by atoms with Gasteiger partial charge in [0.25, 0.3) is 5.91 Å². The fourth-order valence-electron chi connectivity index (χ4n) is 4.96. The number of anilines is 1. The average molecular weight is 445 g/mol. The van der Waals surface area contributed by atoms with Crippen molar-refractivity contribution in [3.63, 3.8) is 0 Å². The molecule has 5 rings (SSSR count). The van der Waals surface area contributed by atoms with E-state index in [4.69, 9.17) is 0 Å². The Morgan fingerprint density at radius 2 is 1.91 bits per heavy atom. The topological polar surface area (TPSA) is 89.2 Å². The van der Waals surface area contributed by atoms with E-state index in [1.807, 2.05) is 30.3 Å². The molecule has 2 N–H and O–H groups in total. The largest absolute Gasteiger partial charge is 0.393 e. The molecule has 33 heavy (non-hydrogen) atoms. The van der Waals surface area contributed by atoms with Gasteiger partial charge >= 0.3 is 0 Å². The number of nitrogens with one attached hydrogen (secondary N) is 1. The summed E-state index contributed by atoms with van der Waals surface area (Å²) in [5, 5.41) is 23.2. The van der Waals surface area contributed by atoms with Crippen LogP contribution in [0.2, 0.25) is 0 Å². The molecule has 0 bridgehead atoms. The van der Waals surface area contributed by atoms with Gasteiger partial charge in [0.1, 0.15) is 5.82 Å². The molecule has 0 radical (unpaired) electrons. The van der Waals surface area contributed by atoms with Crippen molar-refractivity contribution in [3.05, 3.63) is 71.7 Å². The van der Waals surface area contributed by atoms with E-state index in [1.165, 1.54) is 12.1 Å². The first-order valence-electron chi connectivity index (χ1n) is 11.3. The Labute approximate surface area is 191 Å². The van der Waals surface area contributed by atoms with Gasteiger partial charge in [-0.3, -0.25) is 9.78 Å². The predicted molar refractivity (Wildman–Crippen MR) is 123 cm³/mol. The maximum absolute atomic E-state index is 14.2. The normalized spacial score (nSPS) is 21.8. The van der Waals surface area contributed by atoms with Crippen LogP contribution in [0.5, 0.6) is 0 Å². The Hall–Kier alpha value is -3.50. The molecule has 2 heterocycles. The van der Waals surface area contributed by atoms with Crippen LogP contribution >= 0.6 is 0 Å². The van der Waals surface area contributed by atoms with E-state index in [0.29, 0.717) is 60.9 Å². The summed E-state index contributed by atoms with van der Waals surface area (Å²) in [7, 11) is 0. The summed E-state index contributed by atoms with van der Waals surface area (Å²) in [4.78, 5) is 19.6. The number of aromatic nitrogens is 1. The van der Waals surface area contributed by atoms with Crippen LogP contribution in [0.15, 0.2) is 54.7 Å². The Bertz CT molecular complexity index is 1230. The molecular weight excluding hydrogens is 419 g/mol. The van der Waals surface area contributed by atoms with Crippen molar-refractivity contribution in [1.29, 1.82) is 5.26 Å². The van der Waals surface area contributed by atoms with Gasteiger partial charge in [-0.15, -0.1) is 0 Å². The molecule has 0 unspecified atom stereocenters. The molecule has 0 atom stereocenters. The second kappa shape index (κ2) is 8.45. The van der Waals surface area contributed by atoms with Crippen molar-refractivity contribution in [2.45, 2.75) is 43.2 Å². The van der Waals surface area contributed by atoms with Crippen molar-refractivity contribution >= 4 is 22.5 Å². The summed E-state index contributed by atoms with van der Waals surface area (Å²) < 4.78 is 14.2. The zero-order chi connectivity index (χ0) is 23.0. The number of carbonyl (C=O) groups is 1. The van der Waals surface area contributed by atoms with E-state index in [9.17, 15) is 19.6 Å². The van der Waals surface area contributed by atoms with E-state index >= 15 is 0 Å². The third-order valence-electron chi connectivity index (χ3n) is 6.97. The molecular formula is C26H25FN4O2. The molecule has 168 valence electrons. The van der Waals surface area contributed by atoms with Gasteiger partial charge in [-0.2, -0.15) is 5.26 Å². The molecule has 2 aromatic carbocycles. The molecule has 1 amide bonds. The molecule has 3 aromatic rings. The Morgan fingerprint density at radius 3 is 2.58 bits per heavy atom. The van der Waals surface area contributed by atoms with Crippen LogP contribution in [0, 0.1) is 17.1 Å². The van der Waals surface area contributed by atoms with E-state index in [1.54, 1.807) is 12.3 Å². The number of aliphatic hydroxyl groups excluding tert-OH is 1. The summed E-state index contributed by atoms with van der Waals surface area (Å²) in [6, 6.07) is 16.7. The first kappa shape index (κ1) is 21.4. The highest BCUT2D eigenvalue weighted by Crippen LogP contribution is 2.39. The fourth-order valence-corrected chi connectivity index (χ4v) is 4.96. The fraction of sp³-hybridized carbons (Fsp3) is 0.346. The van der Waals surface area contributed by atoms with Gasteiger partial charge in [-0.25, -0.2) is 4.39 Å². The van der Waals surface area contributed by atoms with Gasteiger partial charge in [0.15, 0.2) is 0 Å². The van der Waals surface area contributed by atoms with E-state index in [-0.39, 0.29) is 18.1 Å². The van der Waals surface area contributed by atoms with Crippen LogP contribution in [0.25, 0.3) is 10.9 Å². The zero-order valence-corrected chi connectivity index (χ0v) is 18.2. The first-order chi connectivity index (χ1) is 16.0. The van der Waals surface area contributed by atoms with Crippen LogP contribution in [0.4, 0.5) is 10.1 Å². The van der Waals surface area contributed by atoms with Crippen molar-refractivity contribution in [2.24, 2.45) is 0 Å². The Morgan fingerprint density at radius 1 is 1.18 bits per heavy atom. The highest BCUT2D eigenvalue weighted by Gasteiger charge is 2.38. The maximum Gasteiger partial charge on any atom is 0.255 e.